The molecule has 0 unspecified atom stereocenters. The van der Waals surface area contributed by atoms with Crippen molar-refractivity contribution in [1.82, 2.24) is 0 Å². The van der Waals surface area contributed by atoms with E-state index in [9.17, 15) is 20.1 Å². The monoisotopic (exact) mass is 472 g/mol. The van der Waals surface area contributed by atoms with Crippen LogP contribution >= 0.6 is 0 Å². The molecular weight excluding hydrogens is 424 g/mol. The lowest BCUT2D eigenvalue weighted by Gasteiger charge is -2.70. The second kappa shape index (κ2) is 8.28. The van der Waals surface area contributed by atoms with Gasteiger partial charge in [-0.25, -0.2) is 0 Å². The molecule has 0 bridgehead atoms. The molecule has 0 heterocycles. The summed E-state index contributed by atoms with van der Waals surface area (Å²) in [6.45, 7) is 19.2. The number of carbonyl (C=O) groups is 1. The minimum atomic E-state index is -0.950. The number of carbonyl (C=O) groups excluding carboxylic acids is 1. The summed E-state index contributed by atoms with van der Waals surface area (Å²) in [4.78, 5) is 12.9. The Balaban J connectivity index is 1.68. The predicted octanol–water partition coefficient (Wildman–Crippen LogP) is 5.46. The van der Waals surface area contributed by atoms with Gasteiger partial charge in [0.15, 0.2) is 0 Å². The summed E-state index contributed by atoms with van der Waals surface area (Å²) in [5.41, 5.74) is 1.47. The lowest BCUT2D eigenvalue weighted by atomic mass is 9.35. The average Bonchev–Trinajstić information content (AvgIpc) is 3.08. The molecule has 0 aromatic heterocycles. The van der Waals surface area contributed by atoms with Crippen molar-refractivity contribution in [2.45, 2.75) is 112 Å². The van der Waals surface area contributed by atoms with E-state index in [2.05, 4.69) is 48.1 Å². The average molecular weight is 473 g/mol. The van der Waals surface area contributed by atoms with Gasteiger partial charge >= 0.3 is 0 Å². The van der Waals surface area contributed by atoms with E-state index < -0.39 is 12.2 Å². The third-order valence-electron chi connectivity index (χ3n) is 11.9. The summed E-state index contributed by atoms with van der Waals surface area (Å²) < 4.78 is 0. The second-order valence-corrected chi connectivity index (χ2v) is 13.8. The molecule has 4 saturated carbocycles. The lowest BCUT2D eigenvalue weighted by Crippen LogP contribution is -2.66. The fourth-order valence-electron chi connectivity index (χ4n) is 9.93. The van der Waals surface area contributed by atoms with Gasteiger partial charge in [-0.1, -0.05) is 52.8 Å². The highest BCUT2D eigenvalue weighted by atomic mass is 16.3. The Morgan fingerprint density at radius 2 is 1.65 bits per heavy atom. The van der Waals surface area contributed by atoms with E-state index in [1.54, 1.807) is 6.92 Å². The van der Waals surface area contributed by atoms with E-state index in [1.807, 2.05) is 6.08 Å². The van der Waals surface area contributed by atoms with Gasteiger partial charge in [-0.05, 0) is 97.9 Å². The van der Waals surface area contributed by atoms with Crippen LogP contribution in [0, 0.1) is 45.3 Å². The minimum Gasteiger partial charge on any atom is -0.393 e. The Morgan fingerprint density at radius 1 is 1.03 bits per heavy atom. The Kier molecular flexibility index (Phi) is 6.36. The maximum Gasteiger partial charge on any atom is 0.138 e. The summed E-state index contributed by atoms with van der Waals surface area (Å²) in [6.07, 6.45) is 6.15. The maximum atomic E-state index is 12.9. The quantitative estimate of drug-likeness (QED) is 0.475. The van der Waals surface area contributed by atoms with Crippen LogP contribution in [0.1, 0.15) is 93.4 Å². The molecule has 4 fully saturated rings. The van der Waals surface area contributed by atoms with E-state index >= 15 is 0 Å². The Labute approximate surface area is 206 Å². The molecule has 34 heavy (non-hydrogen) atoms. The molecule has 192 valence electrons. The van der Waals surface area contributed by atoms with E-state index in [0.717, 1.165) is 44.1 Å². The van der Waals surface area contributed by atoms with Crippen LogP contribution in [0.25, 0.3) is 0 Å². The molecule has 0 radical (unpaired) electrons. The van der Waals surface area contributed by atoms with E-state index in [1.165, 1.54) is 0 Å². The van der Waals surface area contributed by atoms with Crippen molar-refractivity contribution in [1.29, 1.82) is 0 Å². The third-order valence-corrected chi connectivity index (χ3v) is 11.9. The molecule has 0 spiro atoms. The molecule has 4 aliphatic rings. The lowest BCUT2D eigenvalue weighted by molar-refractivity contribution is -0.236. The van der Waals surface area contributed by atoms with Crippen molar-refractivity contribution in [3.05, 3.63) is 23.8 Å². The summed E-state index contributed by atoms with van der Waals surface area (Å²) in [6, 6.07) is 0. The van der Waals surface area contributed by atoms with Crippen LogP contribution in [0.3, 0.4) is 0 Å². The molecule has 3 N–H and O–H groups in total. The Bertz CT molecular complexity index is 888. The summed E-state index contributed by atoms with van der Waals surface area (Å²) >= 11 is 0. The molecule has 0 aromatic carbocycles. The fourth-order valence-corrected chi connectivity index (χ4v) is 9.93. The van der Waals surface area contributed by atoms with Crippen LogP contribution in [0.2, 0.25) is 0 Å². The largest absolute Gasteiger partial charge is 0.393 e. The number of hydrogen-bond acceptors (Lipinski definition) is 4. The first-order valence-electron chi connectivity index (χ1n) is 13.5. The van der Waals surface area contributed by atoms with Gasteiger partial charge < -0.3 is 15.3 Å². The summed E-state index contributed by atoms with van der Waals surface area (Å²) in [7, 11) is 0. The first kappa shape index (κ1) is 26.1. The SMILES string of the molecule is C=C(C)[C@H](O)[C@@H](O)/C=C(\C)[C@H]1CC[C@]2(C)[C@@H]1C[C@@H](O)[C@@H]1[C@@]3(C)CCC(=O)C(C)(C)[C@@H]3CC[C@]12C. The zero-order valence-electron chi connectivity index (χ0n) is 22.5. The number of fused-ring (bicyclic) bond motifs is 5. The van der Waals surface area contributed by atoms with Gasteiger partial charge in [-0.3, -0.25) is 4.79 Å². The van der Waals surface area contributed by atoms with E-state index in [-0.39, 0.29) is 33.7 Å². The van der Waals surface area contributed by atoms with Crippen LogP contribution < -0.4 is 0 Å². The number of Topliss-reactive ketones (excluding diaryl/α,β-unsaturated/α-hetero) is 1. The van der Waals surface area contributed by atoms with Gasteiger partial charge in [0.05, 0.1) is 6.10 Å². The van der Waals surface area contributed by atoms with Crippen LogP contribution in [0.5, 0.6) is 0 Å². The second-order valence-electron chi connectivity index (χ2n) is 13.8. The van der Waals surface area contributed by atoms with E-state index in [0.29, 0.717) is 35.5 Å². The molecular formula is C30H48O4. The van der Waals surface area contributed by atoms with Crippen molar-refractivity contribution in [2.24, 2.45) is 45.3 Å². The zero-order chi connectivity index (χ0) is 25.4. The molecule has 10 atom stereocenters. The van der Waals surface area contributed by atoms with Crippen molar-refractivity contribution < 1.29 is 20.1 Å². The van der Waals surface area contributed by atoms with Gasteiger partial charge in [0.25, 0.3) is 0 Å². The predicted molar refractivity (Wildman–Crippen MR) is 136 cm³/mol. The van der Waals surface area contributed by atoms with E-state index in [4.69, 9.17) is 0 Å². The number of aliphatic hydroxyl groups is 3. The van der Waals surface area contributed by atoms with Crippen LogP contribution in [-0.2, 0) is 4.79 Å². The van der Waals surface area contributed by atoms with Gasteiger partial charge in [-0.15, -0.1) is 0 Å². The molecule has 4 heteroatoms. The molecule has 4 rings (SSSR count). The first-order valence-corrected chi connectivity index (χ1v) is 13.5. The molecule has 0 amide bonds. The van der Waals surface area contributed by atoms with Gasteiger partial charge in [0.1, 0.15) is 18.0 Å². The van der Waals surface area contributed by atoms with Crippen molar-refractivity contribution in [2.75, 3.05) is 0 Å². The topological polar surface area (TPSA) is 77.8 Å². The highest BCUT2D eigenvalue weighted by molar-refractivity contribution is 5.85. The fraction of sp³-hybridized carbons (Fsp3) is 0.833. The Morgan fingerprint density at radius 3 is 2.26 bits per heavy atom. The number of ketones is 1. The normalized spacial score (nSPS) is 47.9. The summed E-state index contributed by atoms with van der Waals surface area (Å²) in [5, 5.41) is 32.6. The standard InChI is InChI=1S/C30H48O4/c1-17(2)25(34)21(31)15-18(3)19-9-13-29(7)20(19)16-22(32)26-28(6)12-11-24(33)27(4,5)23(28)10-14-30(26,29)8/h15,19-23,25-26,31-32,34H,1,9-14,16H2,2-8H3/b18-15+/t19-,20-,21+,22-,23+,25+,26-,28+,29-,30-/m1/s1. The third kappa shape index (κ3) is 3.45. The molecule has 0 saturated heterocycles. The van der Waals surface area contributed by atoms with Gasteiger partial charge in [0, 0.05) is 11.8 Å². The molecule has 4 aliphatic carbocycles. The Hall–Kier alpha value is -0.970. The number of aliphatic hydroxyl groups excluding tert-OH is 3. The highest BCUT2D eigenvalue weighted by Crippen LogP contribution is 2.75. The molecule has 0 aliphatic heterocycles. The van der Waals surface area contributed by atoms with Gasteiger partial charge in [-0.2, -0.15) is 0 Å². The summed E-state index contributed by atoms with van der Waals surface area (Å²) in [5.74, 6) is 1.58. The van der Waals surface area contributed by atoms with Crippen molar-refractivity contribution >= 4 is 5.78 Å². The minimum absolute atomic E-state index is 0.0158. The van der Waals surface area contributed by atoms with Gasteiger partial charge in [0.2, 0.25) is 0 Å². The smallest absolute Gasteiger partial charge is 0.138 e. The molecule has 0 aromatic rings. The number of rotatable bonds is 4. The van der Waals surface area contributed by atoms with Crippen molar-refractivity contribution in [3.8, 4) is 0 Å². The van der Waals surface area contributed by atoms with Crippen LogP contribution in [0.4, 0.5) is 0 Å². The molecule has 4 nitrogen and oxygen atoms in total. The maximum absolute atomic E-state index is 12.9. The van der Waals surface area contributed by atoms with Crippen LogP contribution in [0.15, 0.2) is 23.8 Å². The van der Waals surface area contributed by atoms with Crippen LogP contribution in [-0.4, -0.2) is 39.4 Å². The highest BCUT2D eigenvalue weighted by Gasteiger charge is 2.70. The first-order chi connectivity index (χ1) is 15.6. The zero-order valence-corrected chi connectivity index (χ0v) is 22.5. The number of hydrogen-bond donors (Lipinski definition) is 3. The number of allylic oxidation sites excluding steroid dienone is 1. The van der Waals surface area contributed by atoms with Crippen molar-refractivity contribution in [3.63, 3.8) is 0 Å².